The van der Waals surface area contributed by atoms with Crippen molar-refractivity contribution in [3.8, 4) is 0 Å². The second-order valence-electron chi connectivity index (χ2n) is 7.54. The fraction of sp³-hybridized carbons (Fsp3) is 0.571. The summed E-state index contributed by atoms with van der Waals surface area (Å²) in [6, 6.07) is 5.94. The first kappa shape index (κ1) is 19.5. The Morgan fingerprint density at radius 3 is 2.52 bits per heavy atom. The zero-order valence-corrected chi connectivity index (χ0v) is 17.0. The van der Waals surface area contributed by atoms with E-state index in [-0.39, 0.29) is 11.9 Å². The van der Waals surface area contributed by atoms with Crippen LogP contribution in [0.25, 0.3) is 0 Å². The van der Waals surface area contributed by atoms with Crippen molar-refractivity contribution in [3.05, 3.63) is 47.0 Å². The summed E-state index contributed by atoms with van der Waals surface area (Å²) in [6.45, 7) is 12.4. The monoisotopic (exact) mass is 369 g/mol. The van der Waals surface area contributed by atoms with Crippen molar-refractivity contribution in [3.63, 3.8) is 0 Å². The molecule has 3 rings (SSSR count). The van der Waals surface area contributed by atoms with Crippen LogP contribution in [-0.4, -0.2) is 56.7 Å². The molecule has 0 saturated carbocycles. The van der Waals surface area contributed by atoms with Gasteiger partial charge in [0.15, 0.2) is 0 Å². The molecule has 6 heteroatoms. The molecule has 1 amide bonds. The molecule has 0 radical (unpaired) electrons. The molecule has 6 nitrogen and oxygen atoms in total. The van der Waals surface area contributed by atoms with E-state index in [9.17, 15) is 4.79 Å². The van der Waals surface area contributed by atoms with Crippen LogP contribution in [0.2, 0.25) is 0 Å². The minimum absolute atomic E-state index is 0.187. The van der Waals surface area contributed by atoms with Gasteiger partial charge in [-0.3, -0.25) is 19.4 Å². The first-order valence-corrected chi connectivity index (χ1v) is 9.94. The Hall–Kier alpha value is -2.21. The van der Waals surface area contributed by atoms with Crippen LogP contribution in [-0.2, 0) is 11.3 Å². The van der Waals surface area contributed by atoms with Gasteiger partial charge in [0.25, 0.3) is 0 Å². The van der Waals surface area contributed by atoms with Crippen LogP contribution in [0, 0.1) is 20.8 Å². The second kappa shape index (κ2) is 8.65. The Morgan fingerprint density at radius 2 is 1.93 bits per heavy atom. The summed E-state index contributed by atoms with van der Waals surface area (Å²) in [5.41, 5.74) is 4.38. The molecule has 0 unspecified atom stereocenters. The van der Waals surface area contributed by atoms with Crippen LogP contribution in [0.15, 0.2) is 24.4 Å². The van der Waals surface area contributed by atoms with E-state index in [1.54, 1.807) is 0 Å². The predicted octanol–water partition coefficient (Wildman–Crippen LogP) is 2.89. The maximum atomic E-state index is 13.2. The largest absolute Gasteiger partial charge is 0.338 e. The number of hydrogen-bond acceptors (Lipinski definition) is 4. The number of aryl methyl sites for hydroxylation is 3. The van der Waals surface area contributed by atoms with E-state index < -0.39 is 0 Å². The minimum atomic E-state index is -0.187. The first-order chi connectivity index (χ1) is 13.0. The van der Waals surface area contributed by atoms with Crippen molar-refractivity contribution < 1.29 is 4.79 Å². The summed E-state index contributed by atoms with van der Waals surface area (Å²) in [4.78, 5) is 22.1. The molecule has 2 aromatic heterocycles. The molecule has 2 aromatic rings. The van der Waals surface area contributed by atoms with Gasteiger partial charge < -0.3 is 4.90 Å². The third kappa shape index (κ3) is 4.56. The van der Waals surface area contributed by atoms with Crippen LogP contribution in [0.4, 0.5) is 0 Å². The van der Waals surface area contributed by atoms with Gasteiger partial charge >= 0.3 is 0 Å². The van der Waals surface area contributed by atoms with Gasteiger partial charge in [-0.05, 0) is 44.9 Å². The van der Waals surface area contributed by atoms with E-state index in [4.69, 9.17) is 0 Å². The molecule has 0 spiro atoms. The van der Waals surface area contributed by atoms with Gasteiger partial charge in [0, 0.05) is 44.6 Å². The quantitative estimate of drug-likeness (QED) is 0.786. The summed E-state index contributed by atoms with van der Waals surface area (Å²) in [7, 11) is 0. The summed E-state index contributed by atoms with van der Waals surface area (Å²) in [5.74, 6) is 0.205. The number of aromatic nitrogens is 3. The van der Waals surface area contributed by atoms with Crippen LogP contribution >= 0.6 is 0 Å². The lowest BCUT2D eigenvalue weighted by atomic mass is 10.1. The number of pyridine rings is 1. The molecule has 3 heterocycles. The standard InChI is InChI=1S/C21H31N5O/c1-5-7-20(26-18(4)14-17(3)23-26)21(27)25-12-10-24(11-13-25)15-19-16(2)8-6-9-22-19/h6,8-9,14,20H,5,7,10-13,15H2,1-4H3/t20-/m0/s1. The Kier molecular flexibility index (Phi) is 6.26. The van der Waals surface area contributed by atoms with Crippen LogP contribution in [0.3, 0.4) is 0 Å². The van der Waals surface area contributed by atoms with E-state index >= 15 is 0 Å². The van der Waals surface area contributed by atoms with Crippen molar-refractivity contribution >= 4 is 5.91 Å². The SMILES string of the molecule is CCC[C@@H](C(=O)N1CCN(Cc2ncccc2C)CC1)n1nc(C)cc1C. The topological polar surface area (TPSA) is 54.3 Å². The molecule has 0 bridgehead atoms. The van der Waals surface area contributed by atoms with Crippen molar-refractivity contribution in [1.29, 1.82) is 0 Å². The maximum absolute atomic E-state index is 13.2. The van der Waals surface area contributed by atoms with Crippen molar-refractivity contribution in [1.82, 2.24) is 24.6 Å². The molecular weight excluding hydrogens is 338 g/mol. The average Bonchev–Trinajstić information content (AvgIpc) is 2.99. The van der Waals surface area contributed by atoms with Gasteiger partial charge in [-0.1, -0.05) is 19.4 Å². The van der Waals surface area contributed by atoms with Gasteiger partial charge in [-0.2, -0.15) is 5.10 Å². The van der Waals surface area contributed by atoms with Crippen LogP contribution in [0.5, 0.6) is 0 Å². The van der Waals surface area contributed by atoms with Crippen molar-refractivity contribution in [2.75, 3.05) is 26.2 Å². The van der Waals surface area contributed by atoms with Crippen molar-refractivity contribution in [2.45, 2.75) is 53.1 Å². The molecule has 1 saturated heterocycles. The normalized spacial score (nSPS) is 16.5. The molecule has 146 valence electrons. The molecule has 1 fully saturated rings. The number of amides is 1. The third-order valence-electron chi connectivity index (χ3n) is 5.36. The van der Waals surface area contributed by atoms with E-state index in [0.29, 0.717) is 0 Å². The number of carbonyl (C=O) groups is 1. The highest BCUT2D eigenvalue weighted by Gasteiger charge is 2.29. The summed E-state index contributed by atoms with van der Waals surface area (Å²) < 4.78 is 1.92. The number of piperazine rings is 1. The molecule has 0 N–H and O–H groups in total. The average molecular weight is 370 g/mol. The maximum Gasteiger partial charge on any atom is 0.247 e. The molecule has 0 aromatic carbocycles. The zero-order valence-electron chi connectivity index (χ0n) is 17.0. The smallest absolute Gasteiger partial charge is 0.247 e. The summed E-state index contributed by atoms with van der Waals surface area (Å²) >= 11 is 0. The van der Waals surface area contributed by atoms with Gasteiger partial charge in [-0.25, -0.2) is 0 Å². The van der Waals surface area contributed by atoms with E-state index in [0.717, 1.165) is 62.6 Å². The van der Waals surface area contributed by atoms with Crippen LogP contribution in [0.1, 0.15) is 48.5 Å². The highest BCUT2D eigenvalue weighted by Crippen LogP contribution is 2.21. The molecule has 1 aliphatic heterocycles. The molecule has 0 aliphatic carbocycles. The Bertz CT molecular complexity index is 777. The second-order valence-corrected chi connectivity index (χ2v) is 7.54. The lowest BCUT2D eigenvalue weighted by Crippen LogP contribution is -2.50. The fourth-order valence-electron chi connectivity index (χ4n) is 3.82. The number of carbonyl (C=O) groups excluding carboxylic acids is 1. The Morgan fingerprint density at radius 1 is 1.19 bits per heavy atom. The Labute approximate surface area is 162 Å². The molecule has 27 heavy (non-hydrogen) atoms. The van der Waals surface area contributed by atoms with Gasteiger partial charge in [0.05, 0.1) is 11.4 Å². The molecule has 1 atom stereocenters. The number of nitrogens with zero attached hydrogens (tertiary/aromatic N) is 5. The first-order valence-electron chi connectivity index (χ1n) is 9.94. The third-order valence-corrected chi connectivity index (χ3v) is 5.36. The highest BCUT2D eigenvalue weighted by molar-refractivity contribution is 5.80. The summed E-state index contributed by atoms with van der Waals surface area (Å²) in [6.07, 6.45) is 3.65. The molecule has 1 aliphatic rings. The van der Waals surface area contributed by atoms with Crippen molar-refractivity contribution in [2.24, 2.45) is 0 Å². The van der Waals surface area contributed by atoms with Gasteiger partial charge in [0.2, 0.25) is 5.91 Å². The van der Waals surface area contributed by atoms with Gasteiger partial charge in [0.1, 0.15) is 6.04 Å². The fourth-order valence-corrected chi connectivity index (χ4v) is 3.82. The van der Waals surface area contributed by atoms with E-state index in [1.807, 2.05) is 41.8 Å². The number of rotatable bonds is 6. The minimum Gasteiger partial charge on any atom is -0.338 e. The zero-order chi connectivity index (χ0) is 19.4. The van der Waals surface area contributed by atoms with E-state index in [2.05, 4.69) is 34.9 Å². The van der Waals surface area contributed by atoms with Crippen LogP contribution < -0.4 is 0 Å². The predicted molar refractivity (Wildman–Crippen MR) is 106 cm³/mol. The lowest BCUT2D eigenvalue weighted by Gasteiger charge is -2.36. The van der Waals surface area contributed by atoms with Gasteiger partial charge in [-0.15, -0.1) is 0 Å². The Balaban J connectivity index is 1.63. The number of hydrogen-bond donors (Lipinski definition) is 0. The molecular formula is C21H31N5O. The highest BCUT2D eigenvalue weighted by atomic mass is 16.2. The van der Waals surface area contributed by atoms with E-state index in [1.165, 1.54) is 5.56 Å². The lowest BCUT2D eigenvalue weighted by molar-refractivity contribution is -0.137. The summed E-state index contributed by atoms with van der Waals surface area (Å²) in [5, 5.41) is 4.58.